The van der Waals surface area contributed by atoms with Crippen molar-refractivity contribution >= 4 is 11.9 Å². The summed E-state index contributed by atoms with van der Waals surface area (Å²) in [4.78, 5) is 22.4. The molecule has 0 unspecified atom stereocenters. The summed E-state index contributed by atoms with van der Waals surface area (Å²) >= 11 is 0. The second kappa shape index (κ2) is 8.29. The first kappa shape index (κ1) is 15.2. The summed E-state index contributed by atoms with van der Waals surface area (Å²) < 4.78 is 1.43. The molecule has 0 saturated heterocycles. The average Bonchev–Trinajstić information content (AvgIpc) is 2.84. The molecule has 6 heteroatoms. The third-order valence-corrected chi connectivity index (χ3v) is 2.80. The number of nitrogens with one attached hydrogen (secondary N) is 1. The fourth-order valence-corrected chi connectivity index (χ4v) is 1.75. The van der Waals surface area contributed by atoms with Gasteiger partial charge in [-0.2, -0.15) is 5.10 Å². The van der Waals surface area contributed by atoms with Crippen LogP contribution >= 0.6 is 0 Å². The van der Waals surface area contributed by atoms with Gasteiger partial charge >= 0.3 is 5.97 Å². The number of hydrogen-bond donors (Lipinski definition) is 2. The van der Waals surface area contributed by atoms with Crippen LogP contribution in [-0.2, 0) is 11.3 Å². The van der Waals surface area contributed by atoms with E-state index in [4.69, 9.17) is 5.11 Å². The van der Waals surface area contributed by atoms with Crippen LogP contribution < -0.4 is 5.32 Å². The first-order chi connectivity index (χ1) is 9.15. The summed E-state index contributed by atoms with van der Waals surface area (Å²) in [6.07, 6.45) is 5.87. The van der Waals surface area contributed by atoms with Gasteiger partial charge in [0, 0.05) is 12.7 Å². The van der Waals surface area contributed by atoms with Gasteiger partial charge in [0.1, 0.15) is 5.69 Å². The molecule has 0 fully saturated rings. The zero-order valence-corrected chi connectivity index (χ0v) is 11.3. The van der Waals surface area contributed by atoms with Gasteiger partial charge in [-0.3, -0.25) is 14.3 Å². The van der Waals surface area contributed by atoms with E-state index in [9.17, 15) is 9.59 Å². The number of carbonyl (C=O) groups excluding carboxylic acids is 1. The molecule has 0 bridgehead atoms. The van der Waals surface area contributed by atoms with Crippen LogP contribution in [0.2, 0.25) is 0 Å². The molecule has 0 spiro atoms. The number of hydrogen-bond acceptors (Lipinski definition) is 3. The molecule has 19 heavy (non-hydrogen) atoms. The number of carbonyl (C=O) groups is 2. The number of carboxylic acid groups (broad SMARTS) is 1. The highest BCUT2D eigenvalue weighted by molar-refractivity contribution is 5.92. The molecule has 1 heterocycles. The largest absolute Gasteiger partial charge is 0.481 e. The lowest BCUT2D eigenvalue weighted by molar-refractivity contribution is -0.137. The van der Waals surface area contributed by atoms with Gasteiger partial charge in [0.15, 0.2) is 0 Å². The van der Waals surface area contributed by atoms with Crippen LogP contribution in [0, 0.1) is 0 Å². The van der Waals surface area contributed by atoms with E-state index < -0.39 is 5.97 Å². The molecule has 0 radical (unpaired) electrons. The highest BCUT2D eigenvalue weighted by Crippen LogP contribution is 2.02. The summed E-state index contributed by atoms with van der Waals surface area (Å²) in [6, 6.07) is 1.60. The molecule has 0 atom stereocenters. The summed E-state index contributed by atoms with van der Waals surface area (Å²) in [5, 5.41) is 15.4. The van der Waals surface area contributed by atoms with Crippen molar-refractivity contribution in [2.75, 3.05) is 6.54 Å². The van der Waals surface area contributed by atoms with Crippen molar-refractivity contribution in [3.63, 3.8) is 0 Å². The molecule has 0 aliphatic rings. The van der Waals surface area contributed by atoms with E-state index in [1.54, 1.807) is 6.07 Å². The third-order valence-electron chi connectivity index (χ3n) is 2.80. The fourth-order valence-electron chi connectivity index (χ4n) is 1.75. The number of amides is 1. The van der Waals surface area contributed by atoms with E-state index in [0.717, 1.165) is 19.3 Å². The Morgan fingerprint density at radius 3 is 2.84 bits per heavy atom. The van der Waals surface area contributed by atoms with Crippen LogP contribution in [0.4, 0.5) is 0 Å². The zero-order chi connectivity index (χ0) is 14.1. The van der Waals surface area contributed by atoms with E-state index in [1.165, 1.54) is 17.3 Å². The topological polar surface area (TPSA) is 84.2 Å². The Morgan fingerprint density at radius 1 is 1.37 bits per heavy atom. The minimum atomic E-state index is -0.901. The van der Waals surface area contributed by atoms with E-state index >= 15 is 0 Å². The summed E-state index contributed by atoms with van der Waals surface area (Å²) in [7, 11) is 0. The Labute approximate surface area is 112 Å². The number of aliphatic carboxylic acids is 1. The smallest absolute Gasteiger partial charge is 0.305 e. The fraction of sp³-hybridized carbons (Fsp3) is 0.615. The molecule has 1 rings (SSSR count). The van der Waals surface area contributed by atoms with Crippen molar-refractivity contribution in [3.8, 4) is 0 Å². The molecule has 0 aliphatic carbocycles. The van der Waals surface area contributed by atoms with Gasteiger partial charge in [-0.05, 0) is 12.5 Å². The van der Waals surface area contributed by atoms with Crippen molar-refractivity contribution in [3.05, 3.63) is 18.0 Å². The number of aryl methyl sites for hydroxylation is 1. The standard InChI is InChI=1S/C13H21N3O3/c1-2-3-4-5-8-14-13(19)11-6-9-15-16(11)10-7-12(17)18/h6,9H,2-5,7-8,10H2,1H3,(H,14,19)(H,17,18). The Morgan fingerprint density at radius 2 is 2.16 bits per heavy atom. The van der Waals surface area contributed by atoms with Gasteiger partial charge in [-0.1, -0.05) is 26.2 Å². The SMILES string of the molecule is CCCCCCNC(=O)c1ccnn1CCC(=O)O. The molecule has 0 saturated carbocycles. The monoisotopic (exact) mass is 267 g/mol. The van der Waals surface area contributed by atoms with Crippen LogP contribution in [-0.4, -0.2) is 33.3 Å². The minimum Gasteiger partial charge on any atom is -0.481 e. The van der Waals surface area contributed by atoms with Crippen molar-refractivity contribution in [2.45, 2.75) is 45.6 Å². The van der Waals surface area contributed by atoms with Gasteiger partial charge in [0.2, 0.25) is 0 Å². The number of aromatic nitrogens is 2. The van der Waals surface area contributed by atoms with Crippen LogP contribution in [0.3, 0.4) is 0 Å². The minimum absolute atomic E-state index is 0.0432. The van der Waals surface area contributed by atoms with Gasteiger partial charge < -0.3 is 10.4 Å². The Balaban J connectivity index is 2.39. The zero-order valence-electron chi connectivity index (χ0n) is 11.3. The molecule has 106 valence electrons. The number of rotatable bonds is 9. The van der Waals surface area contributed by atoms with Gasteiger partial charge in [0.05, 0.1) is 13.0 Å². The molecule has 1 aromatic heterocycles. The van der Waals surface area contributed by atoms with Gasteiger partial charge in [0.25, 0.3) is 5.91 Å². The predicted molar refractivity (Wildman–Crippen MR) is 71.0 cm³/mol. The second-order valence-corrected chi connectivity index (χ2v) is 4.40. The maximum Gasteiger partial charge on any atom is 0.305 e. The van der Waals surface area contributed by atoms with Gasteiger partial charge in [-0.15, -0.1) is 0 Å². The average molecular weight is 267 g/mol. The lowest BCUT2D eigenvalue weighted by atomic mass is 10.2. The van der Waals surface area contributed by atoms with Crippen molar-refractivity contribution in [1.82, 2.24) is 15.1 Å². The third kappa shape index (κ3) is 5.54. The first-order valence-corrected chi connectivity index (χ1v) is 6.67. The summed E-state index contributed by atoms with van der Waals surface area (Å²) in [5.41, 5.74) is 0.414. The Kier molecular flexibility index (Phi) is 6.63. The number of nitrogens with zero attached hydrogens (tertiary/aromatic N) is 2. The van der Waals surface area contributed by atoms with E-state index in [1.807, 2.05) is 0 Å². The summed E-state index contributed by atoms with van der Waals surface area (Å²) in [6.45, 7) is 2.99. The normalized spacial score (nSPS) is 10.4. The molecule has 0 aliphatic heterocycles. The second-order valence-electron chi connectivity index (χ2n) is 4.40. The lowest BCUT2D eigenvalue weighted by Gasteiger charge is -2.07. The Bertz CT molecular complexity index is 415. The molecule has 2 N–H and O–H groups in total. The molecule has 6 nitrogen and oxygen atoms in total. The first-order valence-electron chi connectivity index (χ1n) is 6.67. The van der Waals surface area contributed by atoms with E-state index in [0.29, 0.717) is 12.2 Å². The highest BCUT2D eigenvalue weighted by Gasteiger charge is 2.11. The predicted octanol–water partition coefficient (Wildman–Crippen LogP) is 1.67. The van der Waals surface area contributed by atoms with Crippen molar-refractivity contribution in [2.24, 2.45) is 0 Å². The molecule has 0 aromatic carbocycles. The lowest BCUT2D eigenvalue weighted by Crippen LogP contribution is -2.27. The van der Waals surface area contributed by atoms with E-state index in [-0.39, 0.29) is 18.9 Å². The molecule has 1 aromatic rings. The molecular weight excluding hydrogens is 246 g/mol. The highest BCUT2D eigenvalue weighted by atomic mass is 16.4. The summed E-state index contributed by atoms with van der Waals surface area (Å²) in [5.74, 6) is -1.10. The van der Waals surface area contributed by atoms with E-state index in [2.05, 4.69) is 17.3 Å². The molecule has 1 amide bonds. The van der Waals surface area contributed by atoms with Crippen LogP contribution in [0.25, 0.3) is 0 Å². The number of unbranched alkanes of at least 4 members (excludes halogenated alkanes) is 3. The van der Waals surface area contributed by atoms with Gasteiger partial charge in [-0.25, -0.2) is 0 Å². The maximum absolute atomic E-state index is 11.9. The molecular formula is C13H21N3O3. The van der Waals surface area contributed by atoms with Crippen molar-refractivity contribution < 1.29 is 14.7 Å². The quantitative estimate of drug-likeness (QED) is 0.666. The maximum atomic E-state index is 11.9. The Hall–Kier alpha value is -1.85. The number of carboxylic acids is 1. The van der Waals surface area contributed by atoms with Crippen molar-refractivity contribution in [1.29, 1.82) is 0 Å². The van der Waals surface area contributed by atoms with Crippen LogP contribution in [0.5, 0.6) is 0 Å². The van der Waals surface area contributed by atoms with Crippen LogP contribution in [0.15, 0.2) is 12.3 Å². The van der Waals surface area contributed by atoms with Crippen LogP contribution in [0.1, 0.15) is 49.5 Å².